The number of fused-ring (bicyclic) bond motifs is 6. The van der Waals surface area contributed by atoms with Crippen LogP contribution in [-0.2, 0) is 12.8 Å². The molecule has 0 bridgehead atoms. The van der Waals surface area contributed by atoms with Crippen molar-refractivity contribution in [1.29, 1.82) is 0 Å². The van der Waals surface area contributed by atoms with Crippen LogP contribution >= 0.6 is 0 Å². The summed E-state index contributed by atoms with van der Waals surface area (Å²) in [4.78, 5) is 6.25. The Balaban J connectivity index is 1.56. The van der Waals surface area contributed by atoms with Gasteiger partial charge in [0.1, 0.15) is 5.82 Å². The number of rotatable bonds is 3. The molecule has 32 heavy (non-hydrogen) atoms. The first-order valence-corrected chi connectivity index (χ1v) is 11.0. The second kappa shape index (κ2) is 7.38. The van der Waals surface area contributed by atoms with Gasteiger partial charge in [-0.25, -0.2) is 4.39 Å². The van der Waals surface area contributed by atoms with E-state index >= 15 is 0 Å². The zero-order valence-electron chi connectivity index (χ0n) is 18.2. The van der Waals surface area contributed by atoms with Gasteiger partial charge >= 0.3 is 0 Å². The van der Waals surface area contributed by atoms with E-state index in [-0.39, 0.29) is 17.9 Å². The van der Waals surface area contributed by atoms with E-state index in [1.54, 1.807) is 26.4 Å². The number of halogens is 1. The third-order valence-corrected chi connectivity index (χ3v) is 7.08. The van der Waals surface area contributed by atoms with Crippen molar-refractivity contribution in [2.75, 3.05) is 20.8 Å². The number of benzene rings is 3. The standard InChI is InChI=1S/C27H25FN2O2/c1-31-24-13-17-11-12-30-23(20(17)15-25(24)32-2)14-21-19-5-3-4-6-22(19)29-26(21)27(30)16-7-9-18(28)10-8-16/h3-10,13,15,23,27,29H,11-12,14H2,1-2H3/t23-,27?/m0/s1. The highest BCUT2D eigenvalue weighted by atomic mass is 19.1. The van der Waals surface area contributed by atoms with Crippen molar-refractivity contribution in [2.24, 2.45) is 0 Å². The zero-order valence-corrected chi connectivity index (χ0v) is 18.2. The number of aromatic amines is 1. The summed E-state index contributed by atoms with van der Waals surface area (Å²) in [5, 5.41) is 1.27. The number of hydrogen-bond donors (Lipinski definition) is 1. The number of aromatic nitrogens is 1. The van der Waals surface area contributed by atoms with E-state index in [9.17, 15) is 4.39 Å². The minimum Gasteiger partial charge on any atom is -0.493 e. The van der Waals surface area contributed by atoms with Crippen molar-refractivity contribution in [3.05, 3.63) is 94.4 Å². The van der Waals surface area contributed by atoms with Crippen LogP contribution in [0.15, 0.2) is 60.7 Å². The van der Waals surface area contributed by atoms with Crippen LogP contribution in [0.25, 0.3) is 10.9 Å². The first-order valence-electron chi connectivity index (χ1n) is 11.0. The molecule has 0 amide bonds. The van der Waals surface area contributed by atoms with E-state index in [4.69, 9.17) is 9.47 Å². The predicted octanol–water partition coefficient (Wildman–Crippen LogP) is 5.57. The Kier molecular flexibility index (Phi) is 4.47. The predicted molar refractivity (Wildman–Crippen MR) is 123 cm³/mol. The van der Waals surface area contributed by atoms with E-state index in [1.165, 1.54) is 27.8 Å². The molecule has 0 radical (unpaired) electrons. The van der Waals surface area contributed by atoms with Crippen LogP contribution in [0, 0.1) is 5.82 Å². The quantitative estimate of drug-likeness (QED) is 0.464. The molecule has 6 rings (SSSR count). The normalized spacial score (nSPS) is 19.8. The summed E-state index contributed by atoms with van der Waals surface area (Å²) in [7, 11) is 3.37. The minimum absolute atomic E-state index is 0.0398. The lowest BCUT2D eigenvalue weighted by Crippen LogP contribution is -2.43. The SMILES string of the molecule is COc1cc2c(cc1OC)[C@@H]1Cc3c([nH]c4ccccc34)C(c3ccc(F)cc3)N1CC2. The number of hydrogen-bond acceptors (Lipinski definition) is 3. The lowest BCUT2D eigenvalue weighted by Gasteiger charge is -2.46. The fourth-order valence-corrected chi connectivity index (χ4v) is 5.62. The smallest absolute Gasteiger partial charge is 0.161 e. The molecule has 4 nitrogen and oxygen atoms in total. The molecular weight excluding hydrogens is 403 g/mol. The van der Waals surface area contributed by atoms with Crippen LogP contribution in [-0.4, -0.2) is 30.6 Å². The Hall–Kier alpha value is -3.31. The third kappa shape index (κ3) is 2.84. The van der Waals surface area contributed by atoms with Crippen molar-refractivity contribution >= 4 is 10.9 Å². The number of methoxy groups -OCH3 is 2. The molecule has 1 unspecified atom stereocenters. The molecule has 1 N–H and O–H groups in total. The number of ether oxygens (including phenoxy) is 2. The van der Waals surface area contributed by atoms with E-state index < -0.39 is 0 Å². The van der Waals surface area contributed by atoms with Crippen LogP contribution < -0.4 is 9.47 Å². The van der Waals surface area contributed by atoms with E-state index in [0.29, 0.717) is 0 Å². The first kappa shape index (κ1) is 19.4. The Labute approximate surface area is 186 Å². The maximum absolute atomic E-state index is 13.8. The van der Waals surface area contributed by atoms with E-state index in [0.717, 1.165) is 42.0 Å². The monoisotopic (exact) mass is 428 g/mol. The summed E-state index contributed by atoms with van der Waals surface area (Å²) in [6, 6.07) is 20.0. The van der Waals surface area contributed by atoms with Gasteiger partial charge in [-0.15, -0.1) is 0 Å². The molecule has 0 spiro atoms. The van der Waals surface area contributed by atoms with Gasteiger partial charge in [-0.3, -0.25) is 4.90 Å². The fraction of sp³-hybridized carbons (Fsp3) is 0.259. The number of nitrogens with zero attached hydrogens (tertiary/aromatic N) is 1. The first-order chi connectivity index (χ1) is 15.7. The molecule has 0 saturated carbocycles. The van der Waals surface area contributed by atoms with Gasteiger partial charge in [0.2, 0.25) is 0 Å². The maximum Gasteiger partial charge on any atom is 0.161 e. The van der Waals surface area contributed by atoms with Crippen LogP contribution in [0.1, 0.15) is 40.0 Å². The fourth-order valence-electron chi connectivity index (χ4n) is 5.62. The number of H-pyrrole nitrogens is 1. The number of para-hydroxylation sites is 1. The molecule has 2 atom stereocenters. The van der Waals surface area contributed by atoms with Gasteiger partial charge in [0.25, 0.3) is 0 Å². The summed E-state index contributed by atoms with van der Waals surface area (Å²) in [6.45, 7) is 0.921. The summed E-state index contributed by atoms with van der Waals surface area (Å²) in [6.07, 6.45) is 1.85. The Morgan fingerprint density at radius 2 is 1.72 bits per heavy atom. The van der Waals surface area contributed by atoms with Gasteiger partial charge in [-0.05, 0) is 65.4 Å². The molecule has 3 aromatic carbocycles. The van der Waals surface area contributed by atoms with E-state index in [1.807, 2.05) is 12.1 Å². The van der Waals surface area contributed by atoms with Gasteiger partial charge in [0.15, 0.2) is 11.5 Å². The zero-order chi connectivity index (χ0) is 21.8. The summed E-state index contributed by atoms with van der Waals surface area (Å²) in [5.74, 6) is 1.33. The molecule has 1 aromatic heterocycles. The molecule has 4 aromatic rings. The Morgan fingerprint density at radius 3 is 2.50 bits per heavy atom. The second-order valence-electron chi connectivity index (χ2n) is 8.63. The highest BCUT2D eigenvalue weighted by molar-refractivity contribution is 5.85. The van der Waals surface area contributed by atoms with Crippen molar-refractivity contribution in [3.63, 3.8) is 0 Å². The molecule has 162 valence electrons. The lowest BCUT2D eigenvalue weighted by atomic mass is 9.80. The molecule has 0 saturated heterocycles. The van der Waals surface area contributed by atoms with Crippen LogP contribution in [0.4, 0.5) is 4.39 Å². The maximum atomic E-state index is 13.8. The molecule has 2 aliphatic heterocycles. The largest absolute Gasteiger partial charge is 0.493 e. The van der Waals surface area contributed by atoms with Gasteiger partial charge in [-0.2, -0.15) is 0 Å². The van der Waals surface area contributed by atoms with Crippen molar-refractivity contribution < 1.29 is 13.9 Å². The number of nitrogens with one attached hydrogen (secondary N) is 1. The Morgan fingerprint density at radius 1 is 0.969 bits per heavy atom. The minimum atomic E-state index is -0.209. The molecule has 5 heteroatoms. The summed E-state index contributed by atoms with van der Waals surface area (Å²) < 4.78 is 25.0. The van der Waals surface area contributed by atoms with Crippen molar-refractivity contribution in [1.82, 2.24) is 9.88 Å². The molecule has 2 aliphatic rings. The molecule has 0 fully saturated rings. The summed E-state index contributed by atoms with van der Waals surface area (Å²) >= 11 is 0. The van der Waals surface area contributed by atoms with E-state index in [2.05, 4.69) is 46.3 Å². The Bertz CT molecular complexity index is 1310. The molecule has 3 heterocycles. The lowest BCUT2D eigenvalue weighted by molar-refractivity contribution is 0.127. The van der Waals surface area contributed by atoms with Crippen LogP contribution in [0.3, 0.4) is 0 Å². The average molecular weight is 429 g/mol. The topological polar surface area (TPSA) is 37.5 Å². The van der Waals surface area contributed by atoms with Crippen LogP contribution in [0.5, 0.6) is 11.5 Å². The highest BCUT2D eigenvalue weighted by Gasteiger charge is 2.41. The van der Waals surface area contributed by atoms with Gasteiger partial charge in [-0.1, -0.05) is 30.3 Å². The summed E-state index contributed by atoms with van der Waals surface area (Å²) in [5.41, 5.74) is 7.42. The van der Waals surface area contributed by atoms with Crippen LogP contribution in [0.2, 0.25) is 0 Å². The third-order valence-electron chi connectivity index (χ3n) is 7.08. The average Bonchev–Trinajstić information content (AvgIpc) is 3.20. The molecule has 0 aliphatic carbocycles. The van der Waals surface area contributed by atoms with Gasteiger partial charge < -0.3 is 14.5 Å². The second-order valence-corrected chi connectivity index (χ2v) is 8.63. The highest BCUT2D eigenvalue weighted by Crippen LogP contribution is 2.49. The van der Waals surface area contributed by atoms with Crippen molar-refractivity contribution in [2.45, 2.75) is 24.9 Å². The van der Waals surface area contributed by atoms with Crippen molar-refractivity contribution in [3.8, 4) is 11.5 Å². The molecular formula is C27H25FN2O2. The van der Waals surface area contributed by atoms with Gasteiger partial charge in [0.05, 0.1) is 20.3 Å². The van der Waals surface area contributed by atoms with Gasteiger partial charge in [0, 0.05) is 29.2 Å².